The molecule has 1 aromatic heterocycles. The first-order chi connectivity index (χ1) is 25.3. The van der Waals surface area contributed by atoms with Crippen LogP contribution in [-0.4, -0.2) is 30.8 Å². The number of unbranched alkanes of at least 4 members (excludes halogenated alkanes) is 1. The summed E-state index contributed by atoms with van der Waals surface area (Å²) in [6.07, 6.45) is 3.13. The summed E-state index contributed by atoms with van der Waals surface area (Å²) in [5, 5.41) is 4.09. The van der Waals surface area contributed by atoms with Crippen LogP contribution in [0.5, 0.6) is 0 Å². The molecular formula is C46H44N2O3. The predicted octanol–water partition coefficient (Wildman–Crippen LogP) is 10.0. The van der Waals surface area contributed by atoms with Gasteiger partial charge in [-0.15, -0.1) is 0 Å². The van der Waals surface area contributed by atoms with Crippen LogP contribution in [-0.2, 0) is 28.0 Å². The molecule has 1 N–H and O–H groups in total. The fourth-order valence-electron chi connectivity index (χ4n) is 6.71. The third kappa shape index (κ3) is 8.53. The van der Waals surface area contributed by atoms with E-state index in [9.17, 15) is 0 Å². The summed E-state index contributed by atoms with van der Waals surface area (Å²) >= 11 is 0. The van der Waals surface area contributed by atoms with Crippen LogP contribution in [0.1, 0.15) is 40.7 Å². The van der Waals surface area contributed by atoms with E-state index in [0.29, 0.717) is 32.3 Å². The Bertz CT molecular complexity index is 1920. The summed E-state index contributed by atoms with van der Waals surface area (Å²) in [6.45, 7) is 2.14. The van der Waals surface area contributed by atoms with Gasteiger partial charge >= 0.3 is 0 Å². The first-order valence-corrected chi connectivity index (χ1v) is 17.9. The molecule has 51 heavy (non-hydrogen) atoms. The van der Waals surface area contributed by atoms with Gasteiger partial charge in [0.05, 0.1) is 31.4 Å². The highest BCUT2D eigenvalue weighted by Gasteiger charge is 2.38. The summed E-state index contributed by atoms with van der Waals surface area (Å²) in [7, 11) is 0. The van der Waals surface area contributed by atoms with E-state index in [1.165, 1.54) is 5.56 Å². The number of oxazole rings is 1. The summed E-state index contributed by atoms with van der Waals surface area (Å²) in [6, 6.07) is 58.7. The Morgan fingerprint density at radius 2 is 1.10 bits per heavy atom. The van der Waals surface area contributed by atoms with Crippen molar-refractivity contribution in [2.45, 2.75) is 37.5 Å². The third-order valence-electron chi connectivity index (χ3n) is 9.29. The Balaban J connectivity index is 1.09. The number of nitrogens with one attached hydrogen (secondary N) is 1. The summed E-state index contributed by atoms with van der Waals surface area (Å²) in [5.41, 5.74) is 7.87. The summed E-state index contributed by atoms with van der Waals surface area (Å²) < 4.78 is 18.9. The average molecular weight is 673 g/mol. The average Bonchev–Trinajstić information content (AvgIpc) is 3.64. The molecule has 7 rings (SSSR count). The molecule has 1 unspecified atom stereocenters. The van der Waals surface area contributed by atoms with Gasteiger partial charge in [0.2, 0.25) is 5.89 Å². The summed E-state index contributed by atoms with van der Waals surface area (Å²) in [5.74, 6) is 0.618. The van der Waals surface area contributed by atoms with E-state index in [4.69, 9.17) is 13.9 Å². The van der Waals surface area contributed by atoms with Crippen molar-refractivity contribution >= 4 is 11.1 Å². The van der Waals surface area contributed by atoms with E-state index in [-0.39, 0.29) is 6.04 Å². The second-order valence-electron chi connectivity index (χ2n) is 12.9. The normalized spacial score (nSPS) is 12.2. The number of ether oxygens (including phenoxy) is 2. The highest BCUT2D eigenvalue weighted by atomic mass is 16.5. The minimum atomic E-state index is -0.629. The van der Waals surface area contributed by atoms with Crippen molar-refractivity contribution in [3.05, 3.63) is 198 Å². The fraction of sp³-hybridized carbons (Fsp3) is 0.196. The summed E-state index contributed by atoms with van der Waals surface area (Å²) in [4.78, 5) is 4.65. The van der Waals surface area contributed by atoms with Crippen LogP contribution in [0.25, 0.3) is 22.6 Å². The Labute approximate surface area is 300 Å². The number of nitrogens with zero attached hydrogens (tertiary/aromatic N) is 1. The molecule has 0 aliphatic rings. The van der Waals surface area contributed by atoms with Crippen molar-refractivity contribution in [1.82, 2.24) is 10.3 Å². The van der Waals surface area contributed by atoms with Crippen LogP contribution >= 0.6 is 0 Å². The van der Waals surface area contributed by atoms with Crippen molar-refractivity contribution in [1.29, 1.82) is 0 Å². The lowest BCUT2D eigenvalue weighted by Gasteiger charge is -2.40. The molecule has 0 spiro atoms. The van der Waals surface area contributed by atoms with Crippen molar-refractivity contribution in [2.75, 3.05) is 19.8 Å². The van der Waals surface area contributed by atoms with E-state index in [2.05, 4.69) is 144 Å². The standard InChI is InChI=1S/C46H44N2O3/c1-5-17-36(18-6-1)19-15-16-32-49-34-42(35-50-33-37-28-30-38(31-29-37)45-47-43-26-13-14-27-44(43)51-45)48-46(39-20-7-2-8-21-39,40-22-9-3-10-23-40)41-24-11-4-12-25-41/h1-14,17-18,20-31,42,48H,15-16,19,32-35H2. The van der Waals surface area contributed by atoms with Gasteiger partial charge in [0.1, 0.15) is 5.52 Å². The second kappa shape index (κ2) is 17.1. The predicted molar refractivity (Wildman–Crippen MR) is 205 cm³/mol. The first-order valence-electron chi connectivity index (χ1n) is 17.9. The molecule has 0 aliphatic heterocycles. The molecule has 7 aromatic rings. The zero-order valence-electron chi connectivity index (χ0n) is 28.9. The number of aryl methyl sites for hydroxylation is 1. The monoisotopic (exact) mass is 672 g/mol. The number of rotatable bonds is 17. The molecule has 0 aliphatic carbocycles. The molecule has 1 atom stereocenters. The van der Waals surface area contributed by atoms with Gasteiger partial charge < -0.3 is 13.9 Å². The lowest BCUT2D eigenvalue weighted by molar-refractivity contribution is 0.0414. The van der Waals surface area contributed by atoms with Crippen molar-refractivity contribution in [3.63, 3.8) is 0 Å². The number of hydrogen-bond acceptors (Lipinski definition) is 5. The highest BCUT2D eigenvalue weighted by Crippen LogP contribution is 2.37. The minimum Gasteiger partial charge on any atom is -0.436 e. The van der Waals surface area contributed by atoms with Crippen LogP contribution in [0.3, 0.4) is 0 Å². The second-order valence-corrected chi connectivity index (χ2v) is 12.9. The largest absolute Gasteiger partial charge is 0.436 e. The molecule has 256 valence electrons. The lowest BCUT2D eigenvalue weighted by atomic mass is 9.76. The molecule has 5 nitrogen and oxygen atoms in total. The van der Waals surface area contributed by atoms with E-state index >= 15 is 0 Å². The van der Waals surface area contributed by atoms with Gasteiger partial charge in [-0.05, 0) is 71.3 Å². The van der Waals surface area contributed by atoms with Gasteiger partial charge in [0.15, 0.2) is 5.58 Å². The molecule has 5 heteroatoms. The Kier molecular flexibility index (Phi) is 11.4. The number of benzene rings is 6. The molecule has 0 bridgehead atoms. The van der Waals surface area contributed by atoms with Crippen molar-refractivity contribution in [2.24, 2.45) is 0 Å². The van der Waals surface area contributed by atoms with E-state index in [1.54, 1.807) is 0 Å². The zero-order chi connectivity index (χ0) is 34.6. The van der Waals surface area contributed by atoms with E-state index in [0.717, 1.165) is 58.2 Å². The topological polar surface area (TPSA) is 56.5 Å². The van der Waals surface area contributed by atoms with Crippen LogP contribution in [0.2, 0.25) is 0 Å². The number of fused-ring (bicyclic) bond motifs is 1. The van der Waals surface area contributed by atoms with Gasteiger partial charge in [-0.25, -0.2) is 4.98 Å². The molecule has 6 aromatic carbocycles. The first kappa shape index (κ1) is 34.1. The SMILES string of the molecule is c1ccc(CCCCOCC(COCc2ccc(-c3nc4ccccc4o3)cc2)NC(c2ccccc2)(c2ccccc2)c2ccccc2)cc1. The maximum atomic E-state index is 6.48. The van der Waals surface area contributed by atoms with E-state index < -0.39 is 5.54 Å². The Morgan fingerprint density at radius 3 is 1.71 bits per heavy atom. The maximum absolute atomic E-state index is 6.48. The maximum Gasteiger partial charge on any atom is 0.227 e. The molecule has 0 amide bonds. The van der Waals surface area contributed by atoms with Gasteiger partial charge in [0.25, 0.3) is 0 Å². The quantitative estimate of drug-likeness (QED) is 0.0771. The van der Waals surface area contributed by atoms with Crippen LogP contribution in [0.4, 0.5) is 0 Å². The van der Waals surface area contributed by atoms with Gasteiger partial charge in [0, 0.05) is 12.2 Å². The van der Waals surface area contributed by atoms with Crippen molar-refractivity contribution < 1.29 is 13.9 Å². The van der Waals surface area contributed by atoms with Crippen LogP contribution < -0.4 is 5.32 Å². The number of aromatic nitrogens is 1. The molecule has 0 radical (unpaired) electrons. The minimum absolute atomic E-state index is 0.112. The van der Waals surface area contributed by atoms with Gasteiger partial charge in [-0.2, -0.15) is 0 Å². The van der Waals surface area contributed by atoms with Crippen molar-refractivity contribution in [3.8, 4) is 11.5 Å². The molecular weight excluding hydrogens is 629 g/mol. The molecule has 0 saturated heterocycles. The Morgan fingerprint density at radius 1 is 0.549 bits per heavy atom. The fourth-order valence-corrected chi connectivity index (χ4v) is 6.71. The van der Waals surface area contributed by atoms with Crippen LogP contribution in [0, 0.1) is 0 Å². The van der Waals surface area contributed by atoms with Gasteiger partial charge in [-0.3, -0.25) is 5.32 Å². The number of hydrogen-bond donors (Lipinski definition) is 1. The smallest absolute Gasteiger partial charge is 0.227 e. The Hall–Kier alpha value is -5.33. The van der Waals surface area contributed by atoms with Gasteiger partial charge in [-0.1, -0.05) is 146 Å². The highest BCUT2D eigenvalue weighted by molar-refractivity contribution is 5.76. The van der Waals surface area contributed by atoms with Crippen LogP contribution in [0.15, 0.2) is 174 Å². The third-order valence-corrected chi connectivity index (χ3v) is 9.29. The molecule has 0 fully saturated rings. The zero-order valence-corrected chi connectivity index (χ0v) is 28.9. The number of para-hydroxylation sites is 2. The van der Waals surface area contributed by atoms with E-state index in [1.807, 2.05) is 36.4 Å². The molecule has 1 heterocycles. The molecule has 0 saturated carbocycles. The lowest BCUT2D eigenvalue weighted by Crippen LogP contribution is -2.53.